The van der Waals surface area contributed by atoms with E-state index in [2.05, 4.69) is 17.4 Å². The largest absolute Gasteiger partial charge is 0.356 e. The smallest absolute Gasteiger partial charge is 0.227 e. The van der Waals surface area contributed by atoms with Crippen molar-refractivity contribution in [3.63, 3.8) is 0 Å². The maximum absolute atomic E-state index is 12.0. The van der Waals surface area contributed by atoms with Crippen LogP contribution < -0.4 is 10.2 Å². The van der Waals surface area contributed by atoms with Crippen LogP contribution in [0.4, 0.5) is 5.69 Å². The molecule has 1 N–H and O–H groups in total. The molecule has 2 amide bonds. The minimum atomic E-state index is 0.0399. The number of hydrogen-bond donors (Lipinski definition) is 1. The molecule has 0 unspecified atom stereocenters. The second-order valence-corrected chi connectivity index (χ2v) is 6.43. The van der Waals surface area contributed by atoms with Crippen molar-refractivity contribution < 1.29 is 9.59 Å². The minimum Gasteiger partial charge on any atom is -0.356 e. The first-order valence-corrected chi connectivity index (χ1v) is 8.92. The first-order valence-electron chi connectivity index (χ1n) is 8.92. The van der Waals surface area contributed by atoms with Crippen LogP contribution in [0.1, 0.15) is 30.4 Å². The molecule has 0 saturated carbocycles. The van der Waals surface area contributed by atoms with Gasteiger partial charge in [-0.3, -0.25) is 9.59 Å². The number of amides is 2. The summed E-state index contributed by atoms with van der Waals surface area (Å²) in [6.45, 7) is 1.48. The number of nitrogens with one attached hydrogen (secondary N) is 1. The fraction of sp³-hybridized carbons (Fsp3) is 0.333. The molecule has 0 aliphatic carbocycles. The lowest BCUT2D eigenvalue weighted by atomic mass is 10.1. The summed E-state index contributed by atoms with van der Waals surface area (Å²) in [5.41, 5.74) is 3.19. The number of carbonyl (C=O) groups is 2. The van der Waals surface area contributed by atoms with Crippen LogP contribution in [0.25, 0.3) is 0 Å². The summed E-state index contributed by atoms with van der Waals surface area (Å²) in [4.78, 5) is 25.6. The van der Waals surface area contributed by atoms with Crippen molar-refractivity contribution in [2.24, 2.45) is 0 Å². The molecule has 2 aromatic rings. The molecule has 0 atom stereocenters. The predicted molar refractivity (Wildman–Crippen MR) is 99.5 cm³/mol. The lowest BCUT2D eigenvalue weighted by molar-refractivity contribution is -0.120. The molecule has 1 fully saturated rings. The van der Waals surface area contributed by atoms with E-state index >= 15 is 0 Å². The Morgan fingerprint density at radius 2 is 1.76 bits per heavy atom. The molecule has 130 valence electrons. The van der Waals surface area contributed by atoms with E-state index < -0.39 is 0 Å². The molecule has 0 radical (unpaired) electrons. The van der Waals surface area contributed by atoms with Crippen LogP contribution in [0.3, 0.4) is 0 Å². The second kappa shape index (κ2) is 8.47. The molecule has 1 aliphatic rings. The third kappa shape index (κ3) is 4.92. The van der Waals surface area contributed by atoms with Crippen LogP contribution in [0.5, 0.6) is 0 Å². The number of benzene rings is 2. The molecule has 4 nitrogen and oxygen atoms in total. The zero-order valence-electron chi connectivity index (χ0n) is 14.4. The van der Waals surface area contributed by atoms with E-state index in [0.29, 0.717) is 19.4 Å². The van der Waals surface area contributed by atoms with Crippen molar-refractivity contribution in [1.29, 1.82) is 0 Å². The van der Waals surface area contributed by atoms with Gasteiger partial charge in [-0.05, 0) is 42.5 Å². The van der Waals surface area contributed by atoms with Crippen molar-refractivity contribution >= 4 is 17.5 Å². The predicted octanol–water partition coefficient (Wildman–Crippen LogP) is 3.10. The second-order valence-electron chi connectivity index (χ2n) is 6.43. The fourth-order valence-corrected chi connectivity index (χ4v) is 3.13. The van der Waals surface area contributed by atoms with Gasteiger partial charge in [0.25, 0.3) is 0 Å². The number of hydrogen-bond acceptors (Lipinski definition) is 2. The van der Waals surface area contributed by atoms with Gasteiger partial charge in [-0.25, -0.2) is 0 Å². The van der Waals surface area contributed by atoms with E-state index in [-0.39, 0.29) is 11.8 Å². The summed E-state index contributed by atoms with van der Waals surface area (Å²) >= 11 is 0. The molecule has 0 bridgehead atoms. The lowest BCUT2D eigenvalue weighted by Crippen LogP contribution is -2.26. The highest BCUT2D eigenvalue weighted by molar-refractivity contribution is 5.95. The standard InChI is InChI=1S/C21H24N2O2/c24-20(22-14-4-8-17-6-2-1-3-7-17)16-18-10-12-19(13-11-18)23-15-5-9-21(23)25/h1-3,6-7,10-13H,4-5,8-9,14-16H2,(H,22,24). The maximum atomic E-state index is 12.0. The van der Waals surface area contributed by atoms with Gasteiger partial charge in [0.05, 0.1) is 6.42 Å². The van der Waals surface area contributed by atoms with Crippen LogP contribution >= 0.6 is 0 Å². The van der Waals surface area contributed by atoms with E-state index in [1.807, 2.05) is 47.4 Å². The summed E-state index contributed by atoms with van der Waals surface area (Å²) in [7, 11) is 0. The molecule has 0 spiro atoms. The average Bonchev–Trinajstić information content (AvgIpc) is 3.06. The summed E-state index contributed by atoms with van der Waals surface area (Å²) in [6, 6.07) is 18.0. The van der Waals surface area contributed by atoms with Crippen molar-refractivity contribution in [2.45, 2.75) is 32.1 Å². The highest BCUT2D eigenvalue weighted by Crippen LogP contribution is 2.21. The fourth-order valence-electron chi connectivity index (χ4n) is 3.13. The Bertz CT molecular complexity index is 710. The molecule has 4 heteroatoms. The highest BCUT2D eigenvalue weighted by Gasteiger charge is 2.21. The van der Waals surface area contributed by atoms with E-state index in [4.69, 9.17) is 0 Å². The van der Waals surface area contributed by atoms with Crippen LogP contribution in [0, 0.1) is 0 Å². The molecule has 3 rings (SSSR count). The first-order chi connectivity index (χ1) is 12.2. The van der Waals surface area contributed by atoms with Crippen LogP contribution in [-0.2, 0) is 22.4 Å². The van der Waals surface area contributed by atoms with Crippen LogP contribution in [0.15, 0.2) is 54.6 Å². The topological polar surface area (TPSA) is 49.4 Å². The SMILES string of the molecule is O=C(Cc1ccc(N2CCCC2=O)cc1)NCCCc1ccccc1. The molecule has 2 aromatic carbocycles. The Kier molecular flexibility index (Phi) is 5.83. The zero-order chi connectivity index (χ0) is 17.5. The van der Waals surface area contributed by atoms with Gasteiger partial charge < -0.3 is 10.2 Å². The number of nitrogens with zero attached hydrogens (tertiary/aromatic N) is 1. The van der Waals surface area contributed by atoms with E-state index in [0.717, 1.165) is 37.1 Å². The molecule has 25 heavy (non-hydrogen) atoms. The zero-order valence-corrected chi connectivity index (χ0v) is 14.4. The number of anilines is 1. The molecule has 1 saturated heterocycles. The summed E-state index contributed by atoms with van der Waals surface area (Å²) in [5, 5.41) is 2.97. The van der Waals surface area contributed by atoms with Gasteiger partial charge in [-0.1, -0.05) is 42.5 Å². The third-order valence-corrected chi connectivity index (χ3v) is 4.49. The molecule has 1 aliphatic heterocycles. The van der Waals surface area contributed by atoms with Gasteiger partial charge in [0.2, 0.25) is 11.8 Å². The van der Waals surface area contributed by atoms with Crippen LogP contribution in [0.2, 0.25) is 0 Å². The average molecular weight is 336 g/mol. The Hall–Kier alpha value is -2.62. The van der Waals surface area contributed by atoms with Gasteiger partial charge in [0, 0.05) is 25.2 Å². The lowest BCUT2D eigenvalue weighted by Gasteiger charge is -2.15. The van der Waals surface area contributed by atoms with Gasteiger partial charge in [-0.15, -0.1) is 0 Å². The van der Waals surface area contributed by atoms with E-state index in [1.54, 1.807) is 0 Å². The minimum absolute atomic E-state index is 0.0399. The first kappa shape index (κ1) is 17.2. The van der Waals surface area contributed by atoms with Crippen LogP contribution in [-0.4, -0.2) is 24.9 Å². The highest BCUT2D eigenvalue weighted by atomic mass is 16.2. The van der Waals surface area contributed by atoms with E-state index in [1.165, 1.54) is 5.56 Å². The number of rotatable bonds is 7. The van der Waals surface area contributed by atoms with Crippen molar-refractivity contribution in [3.05, 3.63) is 65.7 Å². The Balaban J connectivity index is 1.41. The summed E-state index contributed by atoms with van der Waals surface area (Å²) in [6.07, 6.45) is 3.84. The van der Waals surface area contributed by atoms with Gasteiger partial charge >= 0.3 is 0 Å². The Labute approximate surface area is 148 Å². The third-order valence-electron chi connectivity index (χ3n) is 4.49. The normalized spacial score (nSPS) is 13.9. The van der Waals surface area contributed by atoms with Gasteiger partial charge in [0.15, 0.2) is 0 Å². The van der Waals surface area contributed by atoms with Gasteiger partial charge in [0.1, 0.15) is 0 Å². The number of aryl methyl sites for hydroxylation is 1. The van der Waals surface area contributed by atoms with Gasteiger partial charge in [-0.2, -0.15) is 0 Å². The summed E-state index contributed by atoms with van der Waals surface area (Å²) < 4.78 is 0. The monoisotopic (exact) mass is 336 g/mol. The van der Waals surface area contributed by atoms with E-state index in [9.17, 15) is 9.59 Å². The maximum Gasteiger partial charge on any atom is 0.227 e. The Morgan fingerprint density at radius 3 is 2.44 bits per heavy atom. The molecule has 1 heterocycles. The van der Waals surface area contributed by atoms with Crippen molar-refractivity contribution in [1.82, 2.24) is 5.32 Å². The number of carbonyl (C=O) groups excluding carboxylic acids is 2. The molecular formula is C21H24N2O2. The van der Waals surface area contributed by atoms with Crippen molar-refractivity contribution in [3.8, 4) is 0 Å². The summed E-state index contributed by atoms with van der Waals surface area (Å²) in [5.74, 6) is 0.224. The molecule has 0 aromatic heterocycles. The van der Waals surface area contributed by atoms with Crippen molar-refractivity contribution in [2.75, 3.05) is 18.0 Å². The Morgan fingerprint density at radius 1 is 1.00 bits per heavy atom. The quantitative estimate of drug-likeness (QED) is 0.790. The molecular weight excluding hydrogens is 312 g/mol.